The number of benzene rings is 2. The van der Waals surface area contributed by atoms with Crippen LogP contribution in [0, 0.1) is 5.82 Å². The molecule has 2 atom stereocenters. The molecule has 1 saturated heterocycles. The summed E-state index contributed by atoms with van der Waals surface area (Å²) in [7, 11) is 1.98. The number of hydrogen-bond acceptors (Lipinski definition) is 3. The molecule has 1 aliphatic rings. The van der Waals surface area contributed by atoms with Crippen LogP contribution in [0.15, 0.2) is 48.8 Å². The van der Waals surface area contributed by atoms with E-state index in [-0.39, 0.29) is 18.0 Å². The van der Waals surface area contributed by atoms with Gasteiger partial charge in [-0.15, -0.1) is 0 Å². The number of aliphatic hydroxyl groups is 1. The van der Waals surface area contributed by atoms with Crippen molar-refractivity contribution in [1.82, 2.24) is 14.5 Å². The molecular weight excluding hydrogens is 305 g/mol. The number of imidazole rings is 1. The van der Waals surface area contributed by atoms with Crippen molar-refractivity contribution in [3.8, 4) is 0 Å². The maximum atomic E-state index is 13.2. The van der Waals surface area contributed by atoms with E-state index in [0.717, 1.165) is 23.1 Å². The number of rotatable bonds is 3. The second-order valence-electron chi connectivity index (χ2n) is 6.56. The first-order valence-electron chi connectivity index (χ1n) is 8.18. The predicted molar refractivity (Wildman–Crippen MR) is 90.9 cm³/mol. The summed E-state index contributed by atoms with van der Waals surface area (Å²) >= 11 is 0. The Morgan fingerprint density at radius 3 is 2.79 bits per heavy atom. The molecule has 2 aromatic carbocycles. The quantitative estimate of drug-likeness (QED) is 0.805. The lowest BCUT2D eigenvalue weighted by Gasteiger charge is -2.24. The molecule has 0 spiro atoms. The van der Waals surface area contributed by atoms with E-state index in [2.05, 4.69) is 28.1 Å². The summed E-state index contributed by atoms with van der Waals surface area (Å²) in [6.07, 6.45) is 2.14. The average Bonchev–Trinajstić information content (AvgIpc) is 3.11. The molecule has 1 aliphatic heterocycles. The monoisotopic (exact) mass is 325 g/mol. The third-order valence-electron chi connectivity index (χ3n) is 4.81. The standard InChI is InChI=1S/C19H20FN3O/c1-22-12-21-17-8-13(2-7-18(17)22)10-23-11-16(24)9-19(23)14-3-5-15(20)6-4-14/h2-8,12,16,19,24H,9-11H2,1H3/t16-,19-/m0/s1. The van der Waals surface area contributed by atoms with Crippen LogP contribution in [0.5, 0.6) is 0 Å². The lowest BCUT2D eigenvalue weighted by atomic mass is 10.0. The lowest BCUT2D eigenvalue weighted by Crippen LogP contribution is -2.24. The number of β-amino-alcohol motifs (C(OH)–C–C–N with tert-alkyl or cyclic N) is 1. The van der Waals surface area contributed by atoms with Crippen molar-refractivity contribution < 1.29 is 9.50 Å². The highest BCUT2D eigenvalue weighted by Crippen LogP contribution is 2.33. The van der Waals surface area contributed by atoms with E-state index in [1.807, 2.05) is 30.1 Å². The second-order valence-corrected chi connectivity index (χ2v) is 6.56. The minimum atomic E-state index is -0.348. The molecule has 0 unspecified atom stereocenters. The number of hydrogen-bond donors (Lipinski definition) is 1. The van der Waals surface area contributed by atoms with Gasteiger partial charge < -0.3 is 9.67 Å². The van der Waals surface area contributed by atoms with E-state index >= 15 is 0 Å². The van der Waals surface area contributed by atoms with Crippen LogP contribution in [0.4, 0.5) is 4.39 Å². The number of fused-ring (bicyclic) bond motifs is 1. The summed E-state index contributed by atoms with van der Waals surface area (Å²) in [5.74, 6) is -0.232. The first-order valence-corrected chi connectivity index (χ1v) is 8.18. The third-order valence-corrected chi connectivity index (χ3v) is 4.81. The molecule has 0 bridgehead atoms. The topological polar surface area (TPSA) is 41.3 Å². The van der Waals surface area contributed by atoms with Gasteiger partial charge in [0.25, 0.3) is 0 Å². The van der Waals surface area contributed by atoms with E-state index in [1.165, 1.54) is 17.7 Å². The molecule has 24 heavy (non-hydrogen) atoms. The molecule has 4 rings (SSSR count). The SMILES string of the molecule is Cn1cnc2cc(CN3C[C@@H](O)C[C@H]3c3ccc(F)cc3)ccc21. The zero-order valence-electron chi connectivity index (χ0n) is 13.6. The van der Waals surface area contributed by atoms with Gasteiger partial charge in [0.15, 0.2) is 0 Å². The lowest BCUT2D eigenvalue weighted by molar-refractivity contribution is 0.172. The Labute approximate surface area is 140 Å². The van der Waals surface area contributed by atoms with Gasteiger partial charge >= 0.3 is 0 Å². The van der Waals surface area contributed by atoms with E-state index in [9.17, 15) is 9.50 Å². The maximum absolute atomic E-state index is 13.2. The van der Waals surface area contributed by atoms with Crippen molar-refractivity contribution in [3.63, 3.8) is 0 Å². The van der Waals surface area contributed by atoms with Crippen molar-refractivity contribution in [2.75, 3.05) is 6.54 Å². The number of likely N-dealkylation sites (tertiary alicyclic amines) is 1. The Bertz CT molecular complexity index is 859. The van der Waals surface area contributed by atoms with Crippen molar-refractivity contribution in [2.24, 2.45) is 7.05 Å². The molecule has 1 N–H and O–H groups in total. The Morgan fingerprint density at radius 2 is 2.00 bits per heavy atom. The van der Waals surface area contributed by atoms with Crippen LogP contribution in [-0.4, -0.2) is 32.2 Å². The van der Waals surface area contributed by atoms with E-state index < -0.39 is 0 Å². The highest BCUT2D eigenvalue weighted by atomic mass is 19.1. The number of aryl methyl sites for hydroxylation is 1. The number of aliphatic hydroxyl groups excluding tert-OH is 1. The Kier molecular flexibility index (Phi) is 3.82. The average molecular weight is 325 g/mol. The molecule has 2 heterocycles. The van der Waals surface area contributed by atoms with Gasteiger partial charge in [0.2, 0.25) is 0 Å². The van der Waals surface area contributed by atoms with Crippen LogP contribution in [0.1, 0.15) is 23.6 Å². The van der Waals surface area contributed by atoms with Crippen molar-refractivity contribution in [3.05, 3.63) is 65.7 Å². The van der Waals surface area contributed by atoms with Crippen LogP contribution >= 0.6 is 0 Å². The summed E-state index contributed by atoms with van der Waals surface area (Å²) in [5, 5.41) is 10.1. The zero-order valence-corrected chi connectivity index (χ0v) is 13.6. The van der Waals surface area contributed by atoms with E-state index in [0.29, 0.717) is 13.0 Å². The fraction of sp³-hybridized carbons (Fsp3) is 0.316. The molecule has 5 heteroatoms. The zero-order chi connectivity index (χ0) is 16.7. The highest BCUT2D eigenvalue weighted by Gasteiger charge is 2.31. The molecule has 3 aromatic rings. The Morgan fingerprint density at radius 1 is 1.21 bits per heavy atom. The van der Waals surface area contributed by atoms with Crippen molar-refractivity contribution in [1.29, 1.82) is 0 Å². The van der Waals surface area contributed by atoms with Gasteiger partial charge in [-0.2, -0.15) is 0 Å². The highest BCUT2D eigenvalue weighted by molar-refractivity contribution is 5.75. The van der Waals surface area contributed by atoms with Gasteiger partial charge in [0.05, 0.1) is 23.5 Å². The molecule has 0 saturated carbocycles. The van der Waals surface area contributed by atoms with Crippen LogP contribution in [0.3, 0.4) is 0 Å². The van der Waals surface area contributed by atoms with Gasteiger partial charge in [-0.1, -0.05) is 18.2 Å². The summed E-state index contributed by atoms with van der Waals surface area (Å²) in [4.78, 5) is 6.66. The predicted octanol–water partition coefficient (Wildman–Crippen LogP) is 3.02. The van der Waals surface area contributed by atoms with Gasteiger partial charge in [-0.25, -0.2) is 9.37 Å². The summed E-state index contributed by atoms with van der Waals surface area (Å²) in [6, 6.07) is 13.0. The summed E-state index contributed by atoms with van der Waals surface area (Å²) in [6.45, 7) is 1.37. The molecule has 4 nitrogen and oxygen atoms in total. The molecule has 0 radical (unpaired) electrons. The van der Waals surface area contributed by atoms with Crippen LogP contribution in [-0.2, 0) is 13.6 Å². The van der Waals surface area contributed by atoms with Gasteiger partial charge in [0, 0.05) is 26.2 Å². The Balaban J connectivity index is 1.59. The van der Waals surface area contributed by atoms with Gasteiger partial charge in [0.1, 0.15) is 5.82 Å². The fourth-order valence-electron chi connectivity index (χ4n) is 3.60. The van der Waals surface area contributed by atoms with E-state index in [1.54, 1.807) is 0 Å². The third kappa shape index (κ3) is 2.81. The number of halogens is 1. The van der Waals surface area contributed by atoms with Crippen LogP contribution in [0.25, 0.3) is 11.0 Å². The van der Waals surface area contributed by atoms with Crippen molar-refractivity contribution >= 4 is 11.0 Å². The van der Waals surface area contributed by atoms with Gasteiger partial charge in [-0.3, -0.25) is 4.90 Å². The molecular formula is C19H20FN3O. The smallest absolute Gasteiger partial charge is 0.123 e. The molecule has 0 aliphatic carbocycles. The number of nitrogens with zero attached hydrogens (tertiary/aromatic N) is 3. The minimum absolute atomic E-state index is 0.111. The summed E-state index contributed by atoms with van der Waals surface area (Å²) in [5.41, 5.74) is 4.30. The summed E-state index contributed by atoms with van der Waals surface area (Å²) < 4.78 is 15.2. The van der Waals surface area contributed by atoms with Crippen LogP contribution in [0.2, 0.25) is 0 Å². The number of aromatic nitrogens is 2. The van der Waals surface area contributed by atoms with Crippen molar-refractivity contribution in [2.45, 2.75) is 25.1 Å². The fourth-order valence-corrected chi connectivity index (χ4v) is 3.60. The first kappa shape index (κ1) is 15.3. The first-order chi connectivity index (χ1) is 11.6. The normalized spacial score (nSPS) is 21.6. The second kappa shape index (κ2) is 6.00. The van der Waals surface area contributed by atoms with Crippen LogP contribution < -0.4 is 0 Å². The minimum Gasteiger partial charge on any atom is -0.392 e. The molecule has 124 valence electrons. The Hall–Kier alpha value is -2.24. The van der Waals surface area contributed by atoms with E-state index in [4.69, 9.17) is 0 Å². The molecule has 0 amide bonds. The maximum Gasteiger partial charge on any atom is 0.123 e. The molecule has 1 fully saturated rings. The molecule has 1 aromatic heterocycles. The largest absolute Gasteiger partial charge is 0.392 e. The van der Waals surface area contributed by atoms with Gasteiger partial charge in [-0.05, 0) is 41.8 Å².